The van der Waals surface area contributed by atoms with Crippen LogP contribution in [0.25, 0.3) is 5.69 Å². The number of nitrogens with zero attached hydrogens (tertiary/aromatic N) is 2. The molecule has 2 aromatic rings. The summed E-state index contributed by atoms with van der Waals surface area (Å²) in [4.78, 5) is 25.6. The lowest BCUT2D eigenvalue weighted by atomic mass is 10.2. The first-order valence-electron chi connectivity index (χ1n) is 5.28. The predicted octanol–water partition coefficient (Wildman–Crippen LogP) is 1.95. The van der Waals surface area contributed by atoms with Crippen molar-refractivity contribution >= 4 is 5.97 Å². The number of halogens is 3. The van der Waals surface area contributed by atoms with Gasteiger partial charge in [0.1, 0.15) is 5.69 Å². The lowest BCUT2D eigenvalue weighted by Crippen LogP contribution is -2.19. The molecule has 0 aromatic carbocycles. The third-order valence-electron chi connectivity index (χ3n) is 2.47. The lowest BCUT2D eigenvalue weighted by Gasteiger charge is -2.08. The second kappa shape index (κ2) is 4.80. The minimum atomic E-state index is -4.58. The second-order valence-corrected chi connectivity index (χ2v) is 3.83. The van der Waals surface area contributed by atoms with Crippen LogP contribution in [0.5, 0.6) is 0 Å². The molecule has 2 heterocycles. The number of alkyl halides is 3. The zero-order chi connectivity index (χ0) is 14.9. The summed E-state index contributed by atoms with van der Waals surface area (Å²) in [5, 5.41) is 8.82. The lowest BCUT2D eigenvalue weighted by molar-refractivity contribution is -0.141. The van der Waals surface area contributed by atoms with Crippen molar-refractivity contribution in [2.75, 3.05) is 0 Å². The highest BCUT2D eigenvalue weighted by molar-refractivity contribution is 5.87. The summed E-state index contributed by atoms with van der Waals surface area (Å²) in [6.45, 7) is 0. The maximum Gasteiger partial charge on any atom is 0.433 e. The maximum absolute atomic E-state index is 12.4. The third-order valence-corrected chi connectivity index (χ3v) is 2.47. The van der Waals surface area contributed by atoms with E-state index < -0.39 is 23.4 Å². The molecule has 0 saturated heterocycles. The summed E-state index contributed by atoms with van der Waals surface area (Å²) >= 11 is 0. The van der Waals surface area contributed by atoms with Crippen LogP contribution in [0.3, 0.4) is 0 Å². The average Bonchev–Trinajstić information content (AvgIpc) is 2.38. The van der Waals surface area contributed by atoms with Gasteiger partial charge in [0.15, 0.2) is 0 Å². The number of hydrogen-bond donors (Lipinski definition) is 1. The van der Waals surface area contributed by atoms with Gasteiger partial charge in [-0.15, -0.1) is 0 Å². The number of aromatic nitrogens is 2. The van der Waals surface area contributed by atoms with E-state index in [0.29, 0.717) is 0 Å². The SMILES string of the molecule is O=C(O)c1ccc(=O)n(-c2ccc(C(F)(F)F)nc2)c1. The normalized spacial score (nSPS) is 11.3. The first-order chi connectivity index (χ1) is 9.29. The van der Waals surface area contributed by atoms with E-state index in [1.807, 2.05) is 0 Å². The molecule has 0 aliphatic heterocycles. The molecule has 0 unspecified atom stereocenters. The third kappa shape index (κ3) is 2.68. The number of carboxylic acid groups (broad SMARTS) is 1. The van der Waals surface area contributed by atoms with Crippen LogP contribution in [0.2, 0.25) is 0 Å². The molecule has 0 saturated carbocycles. The van der Waals surface area contributed by atoms with E-state index in [1.165, 1.54) is 0 Å². The van der Waals surface area contributed by atoms with E-state index in [9.17, 15) is 22.8 Å². The van der Waals surface area contributed by atoms with Crippen LogP contribution in [0, 0.1) is 0 Å². The van der Waals surface area contributed by atoms with Crippen molar-refractivity contribution in [1.82, 2.24) is 9.55 Å². The Morgan fingerprint density at radius 2 is 1.90 bits per heavy atom. The number of carbonyl (C=O) groups is 1. The highest BCUT2D eigenvalue weighted by Crippen LogP contribution is 2.27. The van der Waals surface area contributed by atoms with Crippen molar-refractivity contribution in [3.8, 4) is 5.69 Å². The highest BCUT2D eigenvalue weighted by atomic mass is 19.4. The van der Waals surface area contributed by atoms with Crippen molar-refractivity contribution in [3.05, 3.63) is 58.3 Å². The van der Waals surface area contributed by atoms with Crippen molar-refractivity contribution in [2.45, 2.75) is 6.18 Å². The van der Waals surface area contributed by atoms with Crippen LogP contribution in [-0.4, -0.2) is 20.6 Å². The molecule has 8 heteroatoms. The van der Waals surface area contributed by atoms with E-state index >= 15 is 0 Å². The molecule has 5 nitrogen and oxygen atoms in total. The maximum atomic E-state index is 12.4. The molecular formula is C12H7F3N2O3. The summed E-state index contributed by atoms with van der Waals surface area (Å²) in [5.41, 5.74) is -1.78. The van der Waals surface area contributed by atoms with Gasteiger partial charge in [-0.1, -0.05) is 0 Å². The Labute approximate surface area is 109 Å². The number of carboxylic acids is 1. The summed E-state index contributed by atoms with van der Waals surface area (Å²) in [6.07, 6.45) is -2.70. The van der Waals surface area contributed by atoms with E-state index in [2.05, 4.69) is 4.98 Å². The van der Waals surface area contributed by atoms with Gasteiger partial charge in [-0.25, -0.2) is 9.78 Å². The van der Waals surface area contributed by atoms with E-state index in [-0.39, 0.29) is 11.3 Å². The van der Waals surface area contributed by atoms with Gasteiger partial charge >= 0.3 is 12.1 Å². The Kier molecular flexibility index (Phi) is 3.31. The summed E-state index contributed by atoms with van der Waals surface area (Å²) in [5.74, 6) is -1.25. The number of rotatable bonds is 2. The molecule has 1 N–H and O–H groups in total. The first kappa shape index (κ1) is 13.8. The summed E-state index contributed by atoms with van der Waals surface area (Å²) in [6, 6.07) is 3.89. The standard InChI is InChI=1S/C12H7F3N2O3/c13-12(14,15)9-3-2-8(5-16-9)17-6-7(11(19)20)1-4-10(17)18/h1-6H,(H,19,20). The highest BCUT2D eigenvalue weighted by Gasteiger charge is 2.32. The molecule has 0 spiro atoms. The van der Waals surface area contributed by atoms with E-state index in [0.717, 1.165) is 41.2 Å². The van der Waals surface area contributed by atoms with Gasteiger partial charge in [-0.05, 0) is 18.2 Å². The van der Waals surface area contributed by atoms with Crippen LogP contribution in [-0.2, 0) is 6.18 Å². The fourth-order valence-corrected chi connectivity index (χ4v) is 1.51. The monoisotopic (exact) mass is 284 g/mol. The van der Waals surface area contributed by atoms with E-state index in [4.69, 9.17) is 5.11 Å². The fourth-order valence-electron chi connectivity index (χ4n) is 1.51. The van der Waals surface area contributed by atoms with Crippen LogP contribution in [0.15, 0.2) is 41.5 Å². The van der Waals surface area contributed by atoms with Crippen molar-refractivity contribution in [3.63, 3.8) is 0 Å². The molecule has 104 valence electrons. The number of pyridine rings is 2. The van der Waals surface area contributed by atoms with Gasteiger partial charge < -0.3 is 5.11 Å². The fraction of sp³-hybridized carbons (Fsp3) is 0.0833. The predicted molar refractivity (Wildman–Crippen MR) is 61.8 cm³/mol. The van der Waals surface area contributed by atoms with Crippen molar-refractivity contribution in [2.24, 2.45) is 0 Å². The van der Waals surface area contributed by atoms with Crippen LogP contribution in [0.4, 0.5) is 13.2 Å². The minimum Gasteiger partial charge on any atom is -0.478 e. The smallest absolute Gasteiger partial charge is 0.433 e. The molecular weight excluding hydrogens is 277 g/mol. The molecule has 0 radical (unpaired) electrons. The molecule has 0 bridgehead atoms. The number of aromatic carboxylic acids is 1. The first-order valence-corrected chi connectivity index (χ1v) is 5.28. The van der Waals surface area contributed by atoms with Gasteiger partial charge in [0.2, 0.25) is 0 Å². The Hall–Kier alpha value is -2.64. The molecule has 0 aliphatic rings. The van der Waals surface area contributed by atoms with Crippen molar-refractivity contribution in [1.29, 1.82) is 0 Å². The Bertz CT molecular complexity index is 705. The minimum absolute atomic E-state index is 0.0473. The van der Waals surface area contributed by atoms with Gasteiger partial charge in [0, 0.05) is 12.3 Å². The largest absolute Gasteiger partial charge is 0.478 e. The Morgan fingerprint density at radius 1 is 1.20 bits per heavy atom. The number of hydrogen-bond acceptors (Lipinski definition) is 3. The van der Waals surface area contributed by atoms with Gasteiger partial charge in [-0.3, -0.25) is 9.36 Å². The van der Waals surface area contributed by atoms with Crippen LogP contribution < -0.4 is 5.56 Å². The topological polar surface area (TPSA) is 72.2 Å². The summed E-state index contributed by atoms with van der Waals surface area (Å²) in [7, 11) is 0. The zero-order valence-electron chi connectivity index (χ0n) is 9.76. The molecule has 0 amide bonds. The Balaban J connectivity index is 2.49. The molecule has 2 rings (SSSR count). The molecule has 0 fully saturated rings. The molecule has 0 aliphatic carbocycles. The molecule has 0 atom stereocenters. The zero-order valence-corrected chi connectivity index (χ0v) is 9.76. The average molecular weight is 284 g/mol. The van der Waals surface area contributed by atoms with Gasteiger partial charge in [-0.2, -0.15) is 13.2 Å². The van der Waals surface area contributed by atoms with Gasteiger partial charge in [0.05, 0.1) is 17.4 Å². The summed E-state index contributed by atoms with van der Waals surface area (Å²) < 4.78 is 38.0. The quantitative estimate of drug-likeness (QED) is 0.914. The molecule has 2 aromatic heterocycles. The van der Waals surface area contributed by atoms with Crippen molar-refractivity contribution < 1.29 is 23.1 Å². The molecule has 20 heavy (non-hydrogen) atoms. The van der Waals surface area contributed by atoms with E-state index in [1.54, 1.807) is 0 Å². The Morgan fingerprint density at radius 3 is 2.40 bits per heavy atom. The van der Waals surface area contributed by atoms with Crippen LogP contribution in [0.1, 0.15) is 16.1 Å². The second-order valence-electron chi connectivity index (χ2n) is 3.83. The van der Waals surface area contributed by atoms with Gasteiger partial charge in [0.25, 0.3) is 5.56 Å². The van der Waals surface area contributed by atoms with Crippen LogP contribution >= 0.6 is 0 Å².